The van der Waals surface area contributed by atoms with Gasteiger partial charge in [0.2, 0.25) is 0 Å². The fourth-order valence-electron chi connectivity index (χ4n) is 9.72. The Morgan fingerprint density at radius 1 is 0.554 bits per heavy atom. The lowest BCUT2D eigenvalue weighted by atomic mass is 10.1. The predicted octanol–water partition coefficient (Wildman–Crippen LogP) is 6.40. The molecule has 0 saturated heterocycles. The first-order valence-corrected chi connectivity index (χ1v) is 36.6. The Hall–Kier alpha value is -7.55. The van der Waals surface area contributed by atoms with E-state index >= 15 is 0 Å². The number of aliphatic hydroxyl groups is 1. The zero-order valence-electron chi connectivity index (χ0n) is 51.4. The lowest BCUT2D eigenvalue weighted by molar-refractivity contribution is 0.103. The molecular weight excluding hydrogens is 1280 g/mol. The van der Waals surface area contributed by atoms with E-state index in [1.807, 2.05) is 81.6 Å². The first-order valence-electron chi connectivity index (χ1n) is 29.3. The first-order chi connectivity index (χ1) is 44.1. The fourth-order valence-corrected chi connectivity index (χ4v) is 15.9. The molecule has 0 bridgehead atoms. The Bertz CT molecular complexity index is 4290. The number of pyridine rings is 4. The highest BCUT2D eigenvalue weighted by molar-refractivity contribution is 8.06. The molecule has 8 heterocycles. The van der Waals surface area contributed by atoms with Gasteiger partial charge in [0.25, 0.3) is 40.1 Å². The number of aliphatic imine (C=N–C) groups is 4. The number of phenolic OH excluding ortho intramolecular Hbond substituents is 1. The Morgan fingerprint density at radius 2 is 1.03 bits per heavy atom. The molecule has 0 fully saturated rings. The van der Waals surface area contributed by atoms with E-state index in [9.17, 15) is 43.9 Å². The van der Waals surface area contributed by atoms with Gasteiger partial charge in [-0.2, -0.15) is 11.8 Å². The van der Waals surface area contributed by atoms with Gasteiger partial charge in [-0.15, -0.1) is 0 Å². The summed E-state index contributed by atoms with van der Waals surface area (Å²) in [6.45, 7) is 7.66. The number of hydrogen-bond acceptors (Lipinski definition) is 21. The van der Waals surface area contributed by atoms with Crippen molar-refractivity contribution >= 4 is 72.0 Å². The van der Waals surface area contributed by atoms with Crippen LogP contribution >= 0.6 is 11.8 Å². The number of aromatic nitrogens is 4. The van der Waals surface area contributed by atoms with Gasteiger partial charge in [-0.3, -0.25) is 39.9 Å². The lowest BCUT2D eigenvalue weighted by Gasteiger charge is -2.17. The zero-order valence-corrected chi connectivity index (χ0v) is 55.5. The average Bonchev–Trinajstić information content (AvgIpc) is 1.72. The number of methoxy groups -OCH3 is 1. The number of rotatable bonds is 22. The van der Waals surface area contributed by atoms with Crippen LogP contribution in [-0.4, -0.2) is 134 Å². The summed E-state index contributed by atoms with van der Waals surface area (Å²) in [4.78, 5) is 33.1. The van der Waals surface area contributed by atoms with Crippen molar-refractivity contribution in [2.24, 2.45) is 20.0 Å². The van der Waals surface area contributed by atoms with Gasteiger partial charge >= 0.3 is 0 Å². The van der Waals surface area contributed by atoms with Gasteiger partial charge in [-0.1, -0.05) is 73.2 Å². The number of ether oxygens (including phenoxy) is 2. The summed E-state index contributed by atoms with van der Waals surface area (Å²) >= 11 is 1.61. The van der Waals surface area contributed by atoms with E-state index in [1.54, 1.807) is 103 Å². The van der Waals surface area contributed by atoms with Crippen LogP contribution in [-0.2, 0) is 90.6 Å². The van der Waals surface area contributed by atoms with E-state index in [0.29, 0.717) is 103 Å². The van der Waals surface area contributed by atoms with E-state index in [0.717, 1.165) is 28.0 Å². The third kappa shape index (κ3) is 19.0. The number of hydrogen-bond donors (Lipinski definition) is 6. The normalized spacial score (nSPS) is 14.8. The van der Waals surface area contributed by atoms with Crippen LogP contribution in [0.3, 0.4) is 0 Å². The number of fused-ring (bicyclic) bond motifs is 4. The van der Waals surface area contributed by atoms with Gasteiger partial charge in [0.15, 0.2) is 31.7 Å². The molecule has 4 aliphatic rings. The number of thioether (sulfide) groups is 1. The monoisotopic (exact) mass is 1350 g/mol. The molecule has 0 spiro atoms. The van der Waals surface area contributed by atoms with Gasteiger partial charge in [0.05, 0.1) is 75.9 Å². The van der Waals surface area contributed by atoms with Crippen molar-refractivity contribution in [2.45, 2.75) is 104 Å². The second kappa shape index (κ2) is 32.8. The Morgan fingerprint density at radius 3 is 1.50 bits per heavy atom. The molecule has 0 saturated carbocycles. The average molecular weight is 1350 g/mol. The van der Waals surface area contributed by atoms with E-state index in [-0.39, 0.29) is 64.2 Å². The number of nitrogens with zero attached hydrogens (tertiary/aromatic N) is 8. The highest BCUT2D eigenvalue weighted by atomic mass is 32.2. The van der Waals surface area contributed by atoms with Gasteiger partial charge in [0, 0.05) is 71.7 Å². The minimum absolute atomic E-state index is 0.0169. The number of benzene rings is 3. The fraction of sp³-hybridized carbons (Fsp3) is 0.333. The number of aromatic hydroxyl groups is 1. The van der Waals surface area contributed by atoms with Crippen LogP contribution in [0.25, 0.3) is 0 Å². The molecule has 24 nitrogen and oxygen atoms in total. The molecule has 11 rings (SSSR count). The molecule has 92 heavy (non-hydrogen) atoms. The van der Waals surface area contributed by atoms with Crippen molar-refractivity contribution in [3.63, 3.8) is 0 Å². The molecule has 3 atom stereocenters. The van der Waals surface area contributed by atoms with Crippen molar-refractivity contribution in [1.82, 2.24) is 38.8 Å². The maximum absolute atomic E-state index is 12.7. The predicted molar refractivity (Wildman–Crippen MR) is 358 cm³/mol. The molecule has 488 valence electrons. The molecule has 4 aliphatic heterocycles. The highest BCUT2D eigenvalue weighted by Gasteiger charge is 2.33. The molecule has 29 heteroatoms. The van der Waals surface area contributed by atoms with Gasteiger partial charge in [-0.05, 0) is 129 Å². The van der Waals surface area contributed by atoms with Crippen molar-refractivity contribution in [3.05, 3.63) is 213 Å². The van der Waals surface area contributed by atoms with Crippen LogP contribution < -0.4 is 23.6 Å². The SMILES string of the molecule is CC[C@H](COCc1ccccc1)NS(=O)(=O)C1=NCc2ncccc21.COc1cc(CC[C@@H](C)NS(=O)(=O)C2=NCc3ncccc32)ccc1O.CSCC[C@H](CO)NS(=O)(=O)C1=NCc2ncccc21.Cc1cccc(CNS(=O)(=O)C2=NCc3ncccc32)c1. The van der Waals surface area contributed by atoms with Gasteiger partial charge in [-0.25, -0.2) is 52.6 Å². The molecular formula is C63H74N12O12S5. The van der Waals surface area contributed by atoms with Crippen molar-refractivity contribution < 1.29 is 53.4 Å². The van der Waals surface area contributed by atoms with Crippen LogP contribution in [0.5, 0.6) is 11.5 Å². The number of nitrogens with one attached hydrogen (secondary N) is 4. The summed E-state index contributed by atoms with van der Waals surface area (Å²) in [6.07, 6.45) is 10.9. The topological polar surface area (TPSA) is 345 Å². The van der Waals surface area contributed by atoms with Gasteiger partial charge in [0.1, 0.15) is 0 Å². The molecule has 0 radical (unpaired) electrons. The molecule has 0 aliphatic carbocycles. The Labute approximate surface area is 542 Å². The van der Waals surface area contributed by atoms with Crippen molar-refractivity contribution in [2.75, 3.05) is 32.3 Å². The van der Waals surface area contributed by atoms with Gasteiger partial charge < -0.3 is 19.7 Å². The third-order valence-electron chi connectivity index (χ3n) is 14.5. The number of sulfonamides is 4. The first kappa shape index (κ1) is 70.3. The van der Waals surface area contributed by atoms with Crippen molar-refractivity contribution in [3.8, 4) is 11.5 Å². The Kier molecular flexibility index (Phi) is 25.1. The summed E-state index contributed by atoms with van der Waals surface area (Å²) in [7, 11) is -13.3. The standard InChI is InChI=1S/C18H21N3O4S.C18H21N3O3S.C15H15N3O2S.C12H17N3O3S2/c1-12(5-6-13-7-8-16(22)17(10-13)25-2)21-26(23,24)18-14-4-3-9-19-15(14)11-20-18;1-2-15(13-24-12-14-7-4-3-5-8-14)21-25(22,23)18-16-9-6-10-19-17(16)11-20-18;1-11-4-2-5-12(8-11)9-18-21(19,20)15-13-6-3-7-16-14(13)10-17-15;1-19-6-4-9(8-16)15-20(17,18)12-10-3-2-5-13-11(10)7-14-12/h3-4,7-10,12,21-22H,5-6,11H2,1-2H3;3-10,15,21H,2,11-13H2,1H3;2-8,18H,9-10H2,1H3;2-3,5,9,15-16H,4,6-8H2,1H3/t12-;15-;;9-/m11.1/s1. The second-order valence-electron chi connectivity index (χ2n) is 21.4. The number of phenols is 1. The maximum atomic E-state index is 12.7. The van der Waals surface area contributed by atoms with E-state index < -0.39 is 46.1 Å². The minimum atomic E-state index is -3.72. The second-order valence-corrected chi connectivity index (χ2v) is 28.9. The molecule has 0 unspecified atom stereocenters. The maximum Gasteiger partial charge on any atom is 0.258 e. The van der Waals surface area contributed by atoms with Crippen LogP contribution in [0.15, 0.2) is 166 Å². The van der Waals surface area contributed by atoms with Crippen LogP contribution in [0.4, 0.5) is 0 Å². The quantitative estimate of drug-likeness (QED) is 0.0427. The number of aliphatic hydroxyl groups excluding tert-OH is 1. The summed E-state index contributed by atoms with van der Waals surface area (Å²) in [5.74, 6) is 1.26. The van der Waals surface area contributed by atoms with E-state index in [2.05, 4.69) is 58.8 Å². The number of aryl methyl sites for hydroxylation is 2. The van der Waals surface area contributed by atoms with Crippen molar-refractivity contribution in [1.29, 1.82) is 0 Å². The van der Waals surface area contributed by atoms with Crippen LogP contribution in [0.1, 0.15) is 100 Å². The lowest BCUT2D eigenvalue weighted by Crippen LogP contribution is -2.41. The molecule has 4 aromatic heterocycles. The third-order valence-corrected chi connectivity index (χ3v) is 21.1. The summed E-state index contributed by atoms with van der Waals surface area (Å²) in [5.41, 5.74) is 9.04. The van der Waals surface area contributed by atoms with E-state index in [1.165, 1.54) is 7.11 Å². The largest absolute Gasteiger partial charge is 0.504 e. The molecule has 7 aromatic rings. The highest BCUT2D eigenvalue weighted by Crippen LogP contribution is 2.28. The van der Waals surface area contributed by atoms with Crippen LogP contribution in [0, 0.1) is 6.92 Å². The summed E-state index contributed by atoms with van der Waals surface area (Å²) < 4.78 is 121. The van der Waals surface area contributed by atoms with E-state index in [4.69, 9.17) is 9.47 Å². The molecule has 6 N–H and O–H groups in total. The smallest absolute Gasteiger partial charge is 0.258 e. The zero-order chi connectivity index (χ0) is 65.9. The summed E-state index contributed by atoms with van der Waals surface area (Å²) in [5, 5.41) is 19.1. The van der Waals surface area contributed by atoms with Crippen LogP contribution in [0.2, 0.25) is 0 Å². The summed E-state index contributed by atoms with van der Waals surface area (Å²) in [6, 6.07) is 35.3. The Balaban J connectivity index is 0.000000159. The molecule has 0 amide bonds. The minimum Gasteiger partial charge on any atom is -0.504 e. The molecule has 3 aromatic carbocycles.